The molecule has 0 aromatic heterocycles. The second-order valence-electron chi connectivity index (χ2n) is 9.34. The molecule has 2 atom stereocenters. The highest BCUT2D eigenvalue weighted by molar-refractivity contribution is 7.51. The number of benzene rings is 1. The lowest BCUT2D eigenvalue weighted by atomic mass is 9.91. The zero-order valence-electron chi connectivity index (χ0n) is 19.0. The van der Waals surface area contributed by atoms with Gasteiger partial charge in [-0.1, -0.05) is 46.1 Å². The van der Waals surface area contributed by atoms with Gasteiger partial charge in [-0.15, -0.1) is 0 Å². The Morgan fingerprint density at radius 3 is 2.70 bits per heavy atom. The molecular weight excluding hydrogens is 399 g/mol. The first-order valence-corrected chi connectivity index (χ1v) is 13.0. The van der Waals surface area contributed by atoms with Crippen molar-refractivity contribution in [1.29, 1.82) is 0 Å². The van der Waals surface area contributed by atoms with Crippen LogP contribution in [0.1, 0.15) is 71.8 Å². The van der Waals surface area contributed by atoms with Crippen LogP contribution in [0.2, 0.25) is 0 Å². The summed E-state index contributed by atoms with van der Waals surface area (Å²) in [5.41, 5.74) is 0.839. The number of fused-ring (bicyclic) bond motifs is 1. The van der Waals surface area contributed by atoms with E-state index in [0.717, 1.165) is 42.2 Å². The molecule has 1 aromatic carbocycles. The molecule has 0 bridgehead atoms. The number of rotatable bonds is 12. The fraction of sp³-hybridized carbons (Fsp3) is 0.667. The Balaban J connectivity index is 1.82. The van der Waals surface area contributed by atoms with E-state index >= 15 is 0 Å². The molecule has 2 N–H and O–H groups in total. The third-order valence-electron chi connectivity index (χ3n) is 5.62. The van der Waals surface area contributed by atoms with Crippen molar-refractivity contribution in [3.8, 4) is 11.5 Å². The summed E-state index contributed by atoms with van der Waals surface area (Å²) >= 11 is 0. The van der Waals surface area contributed by atoms with Crippen LogP contribution < -0.4 is 9.47 Å². The average molecular weight is 439 g/mol. The van der Waals surface area contributed by atoms with Crippen LogP contribution in [-0.4, -0.2) is 28.2 Å². The van der Waals surface area contributed by atoms with E-state index in [-0.39, 0.29) is 11.8 Å². The first kappa shape index (κ1) is 25.0. The number of ether oxygens (including phenoxy) is 2. The highest BCUT2D eigenvalue weighted by Gasteiger charge is 2.29. The van der Waals surface area contributed by atoms with Gasteiger partial charge < -0.3 is 19.3 Å². The van der Waals surface area contributed by atoms with Gasteiger partial charge in [0, 0.05) is 0 Å². The first-order valence-electron chi connectivity index (χ1n) is 11.2. The van der Waals surface area contributed by atoms with Crippen LogP contribution in [0.5, 0.6) is 11.5 Å². The van der Waals surface area contributed by atoms with Gasteiger partial charge >= 0.3 is 7.60 Å². The fourth-order valence-electron chi connectivity index (χ4n) is 3.75. The molecule has 5 nitrogen and oxygen atoms in total. The fourth-order valence-corrected chi connectivity index (χ4v) is 4.29. The Kier molecular flexibility index (Phi) is 9.46. The maximum Gasteiger partial charge on any atom is 0.325 e. The monoisotopic (exact) mass is 438 g/mol. The van der Waals surface area contributed by atoms with Gasteiger partial charge in [0.1, 0.15) is 17.1 Å². The summed E-state index contributed by atoms with van der Waals surface area (Å²) < 4.78 is 22.8. The van der Waals surface area contributed by atoms with Crippen molar-refractivity contribution in [1.82, 2.24) is 0 Å². The minimum atomic E-state index is -3.95. The third kappa shape index (κ3) is 9.24. The number of hydrogen-bond acceptors (Lipinski definition) is 3. The molecule has 6 heteroatoms. The number of allylic oxidation sites excluding steroid dienone is 1. The summed E-state index contributed by atoms with van der Waals surface area (Å²) in [6, 6.07) is 5.78. The van der Waals surface area contributed by atoms with E-state index in [4.69, 9.17) is 19.3 Å². The van der Waals surface area contributed by atoms with Gasteiger partial charge in [0.25, 0.3) is 0 Å². The lowest BCUT2D eigenvalue weighted by molar-refractivity contribution is 0.114. The van der Waals surface area contributed by atoms with Crippen LogP contribution in [0.25, 0.3) is 0 Å². The molecule has 1 aliphatic heterocycles. The molecular formula is C24H39O5P. The van der Waals surface area contributed by atoms with E-state index in [1.165, 1.54) is 19.3 Å². The third-order valence-corrected chi connectivity index (χ3v) is 6.51. The number of aryl methyl sites for hydroxylation is 1. The second kappa shape index (κ2) is 11.4. The average Bonchev–Trinajstić information content (AvgIpc) is 2.64. The Hall–Kier alpha value is -1.29. The molecule has 0 saturated heterocycles. The zero-order chi connectivity index (χ0) is 22.2. The molecule has 0 aliphatic carbocycles. The Morgan fingerprint density at radius 1 is 1.23 bits per heavy atom. The summed E-state index contributed by atoms with van der Waals surface area (Å²) in [5, 5.41) is 0. The Morgan fingerprint density at radius 2 is 2.00 bits per heavy atom. The Bertz CT molecular complexity index is 739. The van der Waals surface area contributed by atoms with Gasteiger partial charge in [-0.05, 0) is 74.3 Å². The molecule has 0 spiro atoms. The van der Waals surface area contributed by atoms with E-state index in [2.05, 4.69) is 39.8 Å². The van der Waals surface area contributed by atoms with E-state index in [1.54, 1.807) is 0 Å². The van der Waals surface area contributed by atoms with Gasteiger partial charge in [-0.2, -0.15) is 0 Å². The van der Waals surface area contributed by atoms with Crippen molar-refractivity contribution in [3.63, 3.8) is 0 Å². The summed E-state index contributed by atoms with van der Waals surface area (Å²) in [5.74, 6) is 3.09. The molecule has 2 unspecified atom stereocenters. The van der Waals surface area contributed by atoms with Gasteiger partial charge in [0.2, 0.25) is 0 Å². The topological polar surface area (TPSA) is 76.0 Å². The lowest BCUT2D eigenvalue weighted by Gasteiger charge is -2.33. The van der Waals surface area contributed by atoms with Crippen molar-refractivity contribution in [2.75, 3.05) is 12.8 Å². The molecule has 1 heterocycles. The minimum absolute atomic E-state index is 0.151. The number of hydrogen-bond donors (Lipinski definition) is 2. The molecule has 0 amide bonds. The van der Waals surface area contributed by atoms with Gasteiger partial charge in [-0.25, -0.2) is 0 Å². The quantitative estimate of drug-likeness (QED) is 0.233. The molecule has 30 heavy (non-hydrogen) atoms. The summed E-state index contributed by atoms with van der Waals surface area (Å²) in [4.78, 5) is 17.8. The maximum atomic E-state index is 10.9. The summed E-state index contributed by atoms with van der Waals surface area (Å²) in [7, 11) is -3.95. The highest BCUT2D eigenvalue weighted by Crippen LogP contribution is 2.37. The molecule has 1 aromatic rings. The molecule has 0 saturated carbocycles. The van der Waals surface area contributed by atoms with Crippen molar-refractivity contribution in [3.05, 3.63) is 35.9 Å². The van der Waals surface area contributed by atoms with Gasteiger partial charge in [0.15, 0.2) is 0 Å². The Labute approximate surface area is 182 Å². The normalized spacial score (nSPS) is 20.2. The van der Waals surface area contributed by atoms with Crippen LogP contribution in [0, 0.1) is 11.8 Å². The zero-order valence-corrected chi connectivity index (χ0v) is 19.9. The van der Waals surface area contributed by atoms with Gasteiger partial charge in [-0.3, -0.25) is 4.57 Å². The van der Waals surface area contributed by atoms with Crippen LogP contribution >= 0.6 is 7.60 Å². The van der Waals surface area contributed by atoms with E-state index < -0.39 is 7.60 Å². The standard InChI is InChI=1S/C24H39O5P/c1-19(2)8-5-9-20(3)10-6-14-24(4)15-13-21-18-22(11-12-23(21)29-24)28-16-7-17-30(25,26)27/h6,11-12,14,18-20H,5,7-10,13,15-17H2,1-4H3,(H2,25,26,27)/b14-6+. The van der Waals surface area contributed by atoms with Crippen molar-refractivity contribution < 1.29 is 23.8 Å². The van der Waals surface area contributed by atoms with Crippen LogP contribution in [-0.2, 0) is 11.0 Å². The molecule has 0 radical (unpaired) electrons. The smallest absolute Gasteiger partial charge is 0.325 e. The van der Waals surface area contributed by atoms with Crippen LogP contribution in [0.4, 0.5) is 0 Å². The molecule has 170 valence electrons. The largest absolute Gasteiger partial charge is 0.494 e. The van der Waals surface area contributed by atoms with Crippen LogP contribution in [0.3, 0.4) is 0 Å². The van der Waals surface area contributed by atoms with Crippen molar-refractivity contribution >= 4 is 7.60 Å². The lowest BCUT2D eigenvalue weighted by Crippen LogP contribution is -2.34. The van der Waals surface area contributed by atoms with Crippen molar-refractivity contribution in [2.24, 2.45) is 11.8 Å². The van der Waals surface area contributed by atoms with E-state index in [9.17, 15) is 4.57 Å². The summed E-state index contributed by atoms with van der Waals surface area (Å²) in [6.45, 7) is 9.32. The second-order valence-corrected chi connectivity index (χ2v) is 11.1. The summed E-state index contributed by atoms with van der Waals surface area (Å²) in [6.07, 6.45) is 11.5. The highest BCUT2D eigenvalue weighted by atomic mass is 31.2. The van der Waals surface area contributed by atoms with E-state index in [1.807, 2.05) is 18.2 Å². The molecule has 0 fully saturated rings. The van der Waals surface area contributed by atoms with Gasteiger partial charge in [0.05, 0.1) is 12.8 Å². The van der Waals surface area contributed by atoms with E-state index in [0.29, 0.717) is 18.9 Å². The minimum Gasteiger partial charge on any atom is -0.494 e. The maximum absolute atomic E-state index is 10.9. The molecule has 2 rings (SSSR count). The van der Waals surface area contributed by atoms with Crippen LogP contribution in [0.15, 0.2) is 30.4 Å². The first-order chi connectivity index (χ1) is 14.1. The predicted octanol–water partition coefficient (Wildman–Crippen LogP) is 6.13. The molecule has 1 aliphatic rings. The predicted molar refractivity (Wildman–Crippen MR) is 122 cm³/mol. The van der Waals surface area contributed by atoms with Crippen molar-refractivity contribution in [2.45, 2.75) is 78.2 Å². The SMILES string of the molecule is CC(C)CCCC(C)C/C=C/C1(C)CCc2cc(OCCCP(=O)(O)O)ccc2O1.